The number of hydrogen-bond donors (Lipinski definition) is 3. The number of amidine groups is 1. The number of aliphatic hydroxyl groups is 1. The number of aliphatic imine (C=N–C) groups is 1. The van der Waals surface area contributed by atoms with Crippen LogP contribution in [0.3, 0.4) is 0 Å². The van der Waals surface area contributed by atoms with E-state index in [1.807, 2.05) is 13.8 Å². The van der Waals surface area contributed by atoms with Crippen molar-refractivity contribution in [2.24, 2.45) is 22.1 Å². The highest BCUT2D eigenvalue weighted by molar-refractivity contribution is 6.40. The summed E-state index contributed by atoms with van der Waals surface area (Å²) in [6.45, 7) is 6.05. The van der Waals surface area contributed by atoms with Crippen LogP contribution in [-0.4, -0.2) is 59.2 Å². The highest BCUT2D eigenvalue weighted by atomic mass is 35.5. The summed E-state index contributed by atoms with van der Waals surface area (Å²) in [7, 11) is 0. The second-order valence-corrected chi connectivity index (χ2v) is 8.23. The minimum Gasteiger partial charge on any atom is -0.390 e. The van der Waals surface area contributed by atoms with Crippen molar-refractivity contribution in [3.8, 4) is 0 Å². The molecule has 0 aromatic rings. The fraction of sp³-hybridized carbons (Fsp3) is 0.889. The van der Waals surface area contributed by atoms with Gasteiger partial charge in [-0.1, -0.05) is 12.8 Å². The molecule has 0 aromatic carbocycles. The first-order valence-corrected chi connectivity index (χ1v) is 9.72. The molecule has 5 nitrogen and oxygen atoms in total. The Morgan fingerprint density at radius 2 is 1.92 bits per heavy atom. The van der Waals surface area contributed by atoms with Crippen molar-refractivity contribution >= 4 is 23.1 Å². The third-order valence-corrected chi connectivity index (χ3v) is 6.47. The van der Waals surface area contributed by atoms with Crippen LogP contribution < -0.4 is 5.73 Å². The quantitative estimate of drug-likeness (QED) is 0.388. The molecule has 2 rings (SSSR count). The number of piperidine rings is 1. The zero-order valence-corrected chi connectivity index (χ0v) is 15.9. The number of rotatable bonds is 6. The first-order valence-electron chi connectivity index (χ1n) is 9.29. The van der Waals surface area contributed by atoms with Gasteiger partial charge in [0.1, 0.15) is 5.84 Å². The molecule has 138 valence electrons. The van der Waals surface area contributed by atoms with Crippen molar-refractivity contribution in [3.05, 3.63) is 0 Å². The number of likely N-dealkylation sites (tertiary alicyclic amines) is 1. The summed E-state index contributed by atoms with van der Waals surface area (Å²) >= 11 is 6.14. The molecule has 2 atom stereocenters. The van der Waals surface area contributed by atoms with Crippen LogP contribution >= 0.6 is 11.6 Å². The van der Waals surface area contributed by atoms with Crippen LogP contribution in [-0.2, 0) is 0 Å². The maximum Gasteiger partial charge on any atom is 0.147 e. The first kappa shape index (κ1) is 19.7. The van der Waals surface area contributed by atoms with Crippen LogP contribution in [0.5, 0.6) is 0 Å². The van der Waals surface area contributed by atoms with E-state index in [1.165, 1.54) is 25.7 Å². The number of aliphatic hydroxyl groups excluding tert-OH is 1. The predicted molar refractivity (Wildman–Crippen MR) is 101 cm³/mol. The van der Waals surface area contributed by atoms with E-state index in [0.717, 1.165) is 38.4 Å². The summed E-state index contributed by atoms with van der Waals surface area (Å²) in [5.74, 6) is 1.36. The predicted octanol–water partition coefficient (Wildman–Crippen LogP) is 2.64. The molecule has 0 aromatic heterocycles. The lowest BCUT2D eigenvalue weighted by atomic mass is 9.68. The van der Waals surface area contributed by atoms with E-state index < -0.39 is 0 Å². The van der Waals surface area contributed by atoms with Gasteiger partial charge in [-0.3, -0.25) is 10.4 Å². The van der Waals surface area contributed by atoms with Crippen LogP contribution in [0.4, 0.5) is 0 Å². The molecule has 24 heavy (non-hydrogen) atoms. The molecule has 6 heteroatoms. The van der Waals surface area contributed by atoms with E-state index in [0.29, 0.717) is 5.84 Å². The molecule has 2 fully saturated rings. The number of hydrogen-bond acceptors (Lipinski definition) is 4. The fourth-order valence-electron chi connectivity index (χ4n) is 4.20. The fourth-order valence-corrected chi connectivity index (χ4v) is 4.25. The van der Waals surface area contributed by atoms with Crippen LogP contribution in [0.25, 0.3) is 0 Å². The van der Waals surface area contributed by atoms with Gasteiger partial charge in [-0.25, -0.2) is 0 Å². The van der Waals surface area contributed by atoms with E-state index in [9.17, 15) is 5.11 Å². The third-order valence-electron chi connectivity index (χ3n) is 6.11. The molecule has 1 heterocycles. The largest absolute Gasteiger partial charge is 0.390 e. The van der Waals surface area contributed by atoms with Gasteiger partial charge in [0.05, 0.1) is 23.7 Å². The molecule has 1 saturated carbocycles. The van der Waals surface area contributed by atoms with Crippen molar-refractivity contribution in [1.29, 1.82) is 5.41 Å². The molecular formula is C18H33ClN4O. The lowest BCUT2D eigenvalue weighted by Crippen LogP contribution is -2.51. The van der Waals surface area contributed by atoms with Crippen LogP contribution in [0.2, 0.25) is 0 Å². The second-order valence-electron chi connectivity index (χ2n) is 7.54. The summed E-state index contributed by atoms with van der Waals surface area (Å²) in [6.07, 6.45) is 7.40. The summed E-state index contributed by atoms with van der Waals surface area (Å²) in [5, 5.41) is 17.4. The average Bonchev–Trinajstić information content (AvgIpc) is 3.14. The molecule has 1 aliphatic carbocycles. The molecule has 1 saturated heterocycles. The van der Waals surface area contributed by atoms with E-state index in [-0.39, 0.29) is 29.2 Å². The highest BCUT2D eigenvalue weighted by Crippen LogP contribution is 2.46. The van der Waals surface area contributed by atoms with Gasteiger partial charge in [0.2, 0.25) is 0 Å². The Morgan fingerprint density at radius 3 is 2.38 bits per heavy atom. The Hall–Kier alpha value is -0.650. The molecule has 2 aliphatic rings. The number of alkyl halides is 1. The molecule has 0 bridgehead atoms. The van der Waals surface area contributed by atoms with Gasteiger partial charge in [0.15, 0.2) is 0 Å². The van der Waals surface area contributed by atoms with E-state index in [2.05, 4.69) is 9.89 Å². The van der Waals surface area contributed by atoms with Gasteiger partial charge in [0.25, 0.3) is 0 Å². The molecule has 2 unspecified atom stereocenters. The Kier molecular flexibility index (Phi) is 7.08. The SMILES string of the molecule is CC(Cl)C(C)N=C(C(=N)CO)N1CCC(CN)(C2CCCC2)CC1. The van der Waals surface area contributed by atoms with Crippen molar-refractivity contribution in [1.82, 2.24) is 4.90 Å². The maximum absolute atomic E-state index is 9.42. The second kappa shape index (κ2) is 8.63. The van der Waals surface area contributed by atoms with E-state index in [1.54, 1.807) is 0 Å². The van der Waals surface area contributed by atoms with Crippen LogP contribution in [0.1, 0.15) is 52.4 Å². The zero-order valence-electron chi connectivity index (χ0n) is 15.1. The maximum atomic E-state index is 9.42. The number of halogens is 1. The van der Waals surface area contributed by atoms with Gasteiger partial charge in [-0.05, 0) is 57.4 Å². The first-order chi connectivity index (χ1) is 11.4. The van der Waals surface area contributed by atoms with Crippen LogP contribution in [0, 0.1) is 16.7 Å². The lowest BCUT2D eigenvalue weighted by molar-refractivity contribution is 0.0849. The molecule has 1 aliphatic heterocycles. The average molecular weight is 357 g/mol. The topological polar surface area (TPSA) is 85.7 Å². The van der Waals surface area contributed by atoms with Gasteiger partial charge in [-0.2, -0.15) is 0 Å². The number of nitrogens with one attached hydrogen (secondary N) is 1. The summed E-state index contributed by atoms with van der Waals surface area (Å²) < 4.78 is 0. The standard InChI is InChI=1S/C18H33ClN4O/c1-13(19)14(2)22-17(16(21)11-24)23-9-7-18(12-20,8-10-23)15-5-3-4-6-15/h13-15,21,24H,3-12,20H2,1-2H3. The monoisotopic (exact) mass is 356 g/mol. The Morgan fingerprint density at radius 1 is 1.33 bits per heavy atom. The van der Waals surface area contributed by atoms with Crippen molar-refractivity contribution in [3.63, 3.8) is 0 Å². The summed E-state index contributed by atoms with van der Waals surface area (Å²) in [5.41, 5.74) is 6.63. The van der Waals surface area contributed by atoms with Crippen molar-refractivity contribution in [2.75, 3.05) is 26.2 Å². The lowest BCUT2D eigenvalue weighted by Gasteiger charge is -2.46. The molecule has 0 amide bonds. The summed E-state index contributed by atoms with van der Waals surface area (Å²) in [4.78, 5) is 6.79. The van der Waals surface area contributed by atoms with Crippen LogP contribution in [0.15, 0.2) is 4.99 Å². The minimum absolute atomic E-state index is 0.0791. The molecular weight excluding hydrogens is 324 g/mol. The zero-order chi connectivity index (χ0) is 17.7. The third kappa shape index (κ3) is 4.30. The number of nitrogens with zero attached hydrogens (tertiary/aromatic N) is 2. The molecule has 0 radical (unpaired) electrons. The Balaban J connectivity index is 2.10. The smallest absolute Gasteiger partial charge is 0.147 e. The van der Waals surface area contributed by atoms with Crippen molar-refractivity contribution < 1.29 is 5.11 Å². The van der Waals surface area contributed by atoms with E-state index in [4.69, 9.17) is 22.7 Å². The van der Waals surface area contributed by atoms with Gasteiger partial charge in [0, 0.05) is 13.1 Å². The van der Waals surface area contributed by atoms with Gasteiger partial charge >= 0.3 is 0 Å². The normalized spacial score (nSPS) is 24.9. The Bertz CT molecular complexity index is 452. The van der Waals surface area contributed by atoms with Crippen molar-refractivity contribution in [2.45, 2.75) is 63.8 Å². The highest BCUT2D eigenvalue weighted by Gasteiger charge is 2.42. The van der Waals surface area contributed by atoms with Gasteiger partial charge < -0.3 is 15.7 Å². The summed E-state index contributed by atoms with van der Waals surface area (Å²) in [6, 6.07) is -0.0791. The minimum atomic E-state index is -0.288. The van der Waals surface area contributed by atoms with E-state index >= 15 is 0 Å². The Labute approximate surface area is 151 Å². The van der Waals surface area contributed by atoms with Gasteiger partial charge in [-0.15, -0.1) is 11.6 Å². The number of nitrogens with two attached hydrogens (primary N) is 1. The molecule has 0 spiro atoms. The molecule has 4 N–H and O–H groups in total.